The third-order valence-electron chi connectivity index (χ3n) is 14.3. The number of nitrogens with one attached hydrogen (secondary N) is 9. The fourth-order valence-electron chi connectivity index (χ4n) is 9.79. The van der Waals surface area contributed by atoms with Crippen LogP contribution in [0.1, 0.15) is 108 Å². The largest absolute Gasteiger partial charge is 0.388 e. The van der Waals surface area contributed by atoms with E-state index in [1.165, 1.54) is 26.5 Å². The van der Waals surface area contributed by atoms with Crippen LogP contribution in [-0.2, 0) is 65.6 Å². The van der Waals surface area contributed by atoms with Gasteiger partial charge in [-0.3, -0.25) is 58.1 Å². The van der Waals surface area contributed by atoms with Crippen molar-refractivity contribution in [2.75, 3.05) is 25.4 Å². The molecule has 15 N–H and O–H groups in total. The van der Waals surface area contributed by atoms with Crippen molar-refractivity contribution in [2.24, 2.45) is 23.1 Å². The monoisotopic (exact) mass is 1150 g/mol. The van der Waals surface area contributed by atoms with Crippen molar-refractivity contribution < 1.29 is 52.7 Å². The van der Waals surface area contributed by atoms with Gasteiger partial charge in [-0.15, -0.1) is 0 Å². The van der Waals surface area contributed by atoms with Crippen molar-refractivity contribution >= 4 is 92.4 Å². The van der Waals surface area contributed by atoms with Gasteiger partial charge in [-0.05, 0) is 55.6 Å². The Kier molecular flexibility index (Phi) is 25.1. The molecule has 2 aliphatic heterocycles. The van der Waals surface area contributed by atoms with Crippen molar-refractivity contribution in [3.63, 3.8) is 0 Å². The molecule has 2 heterocycles. The topological polar surface area (TPSA) is 389 Å². The molecule has 0 aromatic heterocycles. The zero-order chi connectivity index (χ0) is 58.4. The molecule has 2 aromatic rings. The zero-order valence-corrected chi connectivity index (χ0v) is 46.9. The highest BCUT2D eigenvalue weighted by Crippen LogP contribution is 2.48. The Bertz CT molecular complexity index is 2540. The lowest BCUT2D eigenvalue weighted by Crippen LogP contribution is -2.62. The highest BCUT2D eigenvalue weighted by molar-refractivity contribution is 8.77. The number of nitrogens with two attached hydrogens (primary N) is 3. The summed E-state index contributed by atoms with van der Waals surface area (Å²) in [4.78, 5) is 153. The molecule has 1 saturated carbocycles. The molecule has 8 atom stereocenters. The summed E-state index contributed by atoms with van der Waals surface area (Å²) in [6, 6.07) is 8.76. The van der Waals surface area contributed by atoms with Gasteiger partial charge in [0.25, 0.3) is 0 Å². The Hall–Kier alpha value is -7.22. The van der Waals surface area contributed by atoms with E-state index in [0.29, 0.717) is 31.2 Å². The van der Waals surface area contributed by atoms with Crippen LogP contribution in [0.3, 0.4) is 0 Å². The Morgan fingerprint density at radius 3 is 1.94 bits per heavy atom. The minimum Gasteiger partial charge on any atom is -0.388 e. The number of hydrogen-bond donors (Lipinski definition) is 12. The quantitative estimate of drug-likeness (QED) is 0.0457. The first-order valence-electron chi connectivity index (χ1n) is 27.1. The van der Waals surface area contributed by atoms with E-state index in [0.717, 1.165) is 24.8 Å². The number of amides is 11. The second-order valence-electron chi connectivity index (χ2n) is 20.6. The fourth-order valence-corrected chi connectivity index (χ4v) is 13.2. The fraction of sp³-hybridized carbons (Fsp3) is 0.556. The van der Waals surface area contributed by atoms with E-state index in [2.05, 4.69) is 42.5 Å². The predicted molar refractivity (Wildman–Crippen MR) is 301 cm³/mol. The lowest BCUT2D eigenvalue weighted by Gasteiger charge is -2.37. The predicted octanol–water partition coefficient (Wildman–Crippen LogP) is -0.395. The summed E-state index contributed by atoms with van der Waals surface area (Å²) >= 11 is 0. The number of likely N-dealkylation sites (tertiary alicyclic amines) is 1. The van der Waals surface area contributed by atoms with Gasteiger partial charge in [0, 0.05) is 42.7 Å². The van der Waals surface area contributed by atoms with E-state index < -0.39 is 137 Å². The van der Waals surface area contributed by atoms with Gasteiger partial charge in [-0.1, -0.05) is 122 Å². The standard InChI is InChI=1S/C54H77N13O11S2/c1-3-32(2)46-52(77)64-38(27-42(57)68)49(74)65-39(53(78)67-24-14-20-40(67)51(76)62-35(19-13-21-41(55)56)47(72)60-30-45(71)59-29-43(58)69)31-79-80-54(22-11-6-12-23-54)28-44(70)61-36(25-33-15-7-4-8-16-33)48(73)63-37(50(75)66-46)26-34-17-9-5-10-18-34/h4-5,7-10,15-18,32,35-40,46H,3,6,11-14,19-31H2,1-2H3,(H3,55,56)(H2,57,68)(H2,58,69)(H,59,71)(H,60,72)(H,61,70)(H,62,76)(H,63,73)(H,64,77)(H,65,74)(H,66,75). The van der Waals surface area contributed by atoms with Crippen LogP contribution in [0.2, 0.25) is 0 Å². The first-order valence-corrected chi connectivity index (χ1v) is 29.4. The lowest BCUT2D eigenvalue weighted by atomic mass is 9.85. The Morgan fingerprint density at radius 2 is 1.34 bits per heavy atom. The molecule has 3 aliphatic rings. The van der Waals surface area contributed by atoms with E-state index in [-0.39, 0.29) is 63.1 Å². The third kappa shape index (κ3) is 20.2. The SMILES string of the molecule is CCC(C)C1NC(=O)C(Cc2ccccc2)NC(=O)C(Cc2ccccc2)NC(=O)CC2(CCCCC2)SSCC(C(=O)N2CCCC2C(=O)NC(CCCC(=N)N)C(=O)NCC(=O)NCC(N)=O)NC(=O)C(CC(N)=O)NC1=O. The Morgan fingerprint density at radius 1 is 0.738 bits per heavy atom. The number of benzene rings is 2. The van der Waals surface area contributed by atoms with Gasteiger partial charge in [0.2, 0.25) is 65.0 Å². The summed E-state index contributed by atoms with van der Waals surface area (Å²) in [5, 5.41) is 29.0. The van der Waals surface area contributed by atoms with Crippen molar-refractivity contribution in [3.8, 4) is 0 Å². The molecule has 0 bridgehead atoms. The van der Waals surface area contributed by atoms with Crippen LogP contribution in [0.25, 0.3) is 0 Å². The average Bonchev–Trinajstić information content (AvgIpc) is 3.92. The Balaban J connectivity index is 1.50. The second kappa shape index (κ2) is 31.5. The maximum Gasteiger partial charge on any atom is 0.246 e. The van der Waals surface area contributed by atoms with Gasteiger partial charge in [0.1, 0.15) is 42.3 Å². The van der Waals surface area contributed by atoms with Crippen LogP contribution in [0.4, 0.5) is 0 Å². The minimum atomic E-state index is -1.67. The van der Waals surface area contributed by atoms with E-state index in [1.54, 1.807) is 44.2 Å². The summed E-state index contributed by atoms with van der Waals surface area (Å²) in [5.41, 5.74) is 17.8. The highest BCUT2D eigenvalue weighted by atomic mass is 33.1. The van der Waals surface area contributed by atoms with Crippen LogP contribution in [0.15, 0.2) is 60.7 Å². The maximum absolute atomic E-state index is 15.0. The molecule has 0 radical (unpaired) electrons. The molecule has 2 saturated heterocycles. The number of primary amides is 2. The normalized spacial score (nSPS) is 23.1. The number of hydrogen-bond acceptors (Lipinski definition) is 14. The molecule has 3 fully saturated rings. The second-order valence-corrected chi connectivity index (χ2v) is 23.5. The molecule has 80 heavy (non-hydrogen) atoms. The van der Waals surface area contributed by atoms with E-state index >= 15 is 4.79 Å². The van der Waals surface area contributed by atoms with Crippen LogP contribution in [0, 0.1) is 11.3 Å². The minimum absolute atomic E-state index is 0.00415. The van der Waals surface area contributed by atoms with Gasteiger partial charge in [0.15, 0.2) is 0 Å². The number of amidine groups is 1. The summed E-state index contributed by atoms with van der Waals surface area (Å²) in [7, 11) is 2.58. The molecule has 26 heteroatoms. The summed E-state index contributed by atoms with van der Waals surface area (Å²) < 4.78 is -0.709. The van der Waals surface area contributed by atoms with Crippen LogP contribution in [0.5, 0.6) is 0 Å². The van der Waals surface area contributed by atoms with Crippen LogP contribution in [-0.4, -0.2) is 148 Å². The maximum atomic E-state index is 15.0. The number of rotatable bonds is 20. The van der Waals surface area contributed by atoms with Gasteiger partial charge < -0.3 is 64.6 Å². The first kappa shape index (κ1) is 63.6. The van der Waals surface area contributed by atoms with E-state index in [1.807, 2.05) is 30.3 Å². The van der Waals surface area contributed by atoms with Gasteiger partial charge in [-0.2, -0.15) is 0 Å². The molecular weight excluding hydrogens is 1070 g/mol. The molecule has 1 aliphatic carbocycles. The first-order chi connectivity index (χ1) is 38.2. The van der Waals surface area contributed by atoms with E-state index in [4.69, 9.17) is 22.6 Å². The summed E-state index contributed by atoms with van der Waals surface area (Å²) in [6.45, 7) is 2.49. The van der Waals surface area contributed by atoms with Gasteiger partial charge in [-0.25, -0.2) is 0 Å². The molecule has 24 nitrogen and oxygen atoms in total. The molecule has 8 unspecified atom stereocenters. The van der Waals surface area contributed by atoms with Crippen LogP contribution >= 0.6 is 21.6 Å². The molecular formula is C54H77N13O11S2. The van der Waals surface area contributed by atoms with Crippen molar-refractivity contribution in [3.05, 3.63) is 71.8 Å². The van der Waals surface area contributed by atoms with Crippen molar-refractivity contribution in [1.82, 2.24) is 47.4 Å². The van der Waals surface area contributed by atoms with Gasteiger partial charge in [0.05, 0.1) is 25.3 Å². The molecule has 1 spiro atoms. The summed E-state index contributed by atoms with van der Waals surface area (Å²) in [5.74, 6) is -9.24. The van der Waals surface area contributed by atoms with Gasteiger partial charge >= 0.3 is 0 Å². The lowest BCUT2D eigenvalue weighted by molar-refractivity contribution is -0.142. The van der Waals surface area contributed by atoms with Crippen molar-refractivity contribution in [1.29, 1.82) is 5.41 Å². The third-order valence-corrected chi connectivity index (χ3v) is 17.6. The molecule has 5 rings (SSSR count). The van der Waals surface area contributed by atoms with Crippen LogP contribution < -0.4 is 59.7 Å². The number of carbonyl (C=O) groups excluding carboxylic acids is 11. The molecule has 2 aromatic carbocycles. The highest BCUT2D eigenvalue weighted by Gasteiger charge is 2.42. The molecule has 11 amide bonds. The smallest absolute Gasteiger partial charge is 0.246 e. The number of carbonyl (C=O) groups is 11. The van der Waals surface area contributed by atoms with Crippen molar-refractivity contribution in [2.45, 2.75) is 157 Å². The molecule has 436 valence electrons. The summed E-state index contributed by atoms with van der Waals surface area (Å²) in [6.07, 6.45) is 4.06. The number of nitrogens with zero attached hydrogens (tertiary/aromatic N) is 1. The van der Waals surface area contributed by atoms with E-state index in [9.17, 15) is 47.9 Å². The zero-order valence-electron chi connectivity index (χ0n) is 45.3. The Labute approximate surface area is 473 Å². The average molecular weight is 1150 g/mol.